The summed E-state index contributed by atoms with van der Waals surface area (Å²) < 4.78 is 32.6. The summed E-state index contributed by atoms with van der Waals surface area (Å²) in [5.74, 6) is 0.363. The summed E-state index contributed by atoms with van der Waals surface area (Å²) in [6.45, 7) is 3.92. The number of sulfonamides is 1. The molecule has 2 aliphatic rings. The van der Waals surface area contributed by atoms with E-state index in [-0.39, 0.29) is 21.0 Å². The van der Waals surface area contributed by atoms with Gasteiger partial charge in [0.2, 0.25) is 10.0 Å². The summed E-state index contributed by atoms with van der Waals surface area (Å²) >= 11 is 12.2. The second-order valence-electron chi connectivity index (χ2n) is 6.11. The quantitative estimate of drug-likeness (QED) is 0.807. The summed E-state index contributed by atoms with van der Waals surface area (Å²) in [4.78, 5) is 2.41. The molecule has 0 aromatic heterocycles. The minimum atomic E-state index is -3.68. The van der Waals surface area contributed by atoms with Gasteiger partial charge < -0.3 is 4.74 Å². The van der Waals surface area contributed by atoms with Crippen molar-refractivity contribution < 1.29 is 13.2 Å². The summed E-state index contributed by atoms with van der Waals surface area (Å²) in [6, 6.07) is 3.37. The van der Waals surface area contributed by atoms with Crippen LogP contribution in [-0.2, 0) is 10.0 Å². The maximum absolute atomic E-state index is 13.0. The van der Waals surface area contributed by atoms with E-state index in [1.165, 1.54) is 36.4 Å². The van der Waals surface area contributed by atoms with Crippen LogP contribution in [-0.4, -0.2) is 56.5 Å². The van der Waals surface area contributed by atoms with Crippen molar-refractivity contribution in [1.29, 1.82) is 0 Å². The third kappa shape index (κ3) is 3.33. The van der Waals surface area contributed by atoms with Crippen molar-refractivity contribution in [3.05, 3.63) is 22.2 Å². The first-order valence-electron chi connectivity index (χ1n) is 7.63. The van der Waals surface area contributed by atoms with Crippen LogP contribution in [0.15, 0.2) is 17.0 Å². The van der Waals surface area contributed by atoms with E-state index < -0.39 is 10.0 Å². The van der Waals surface area contributed by atoms with Gasteiger partial charge in [0, 0.05) is 37.8 Å². The van der Waals surface area contributed by atoms with Gasteiger partial charge in [-0.05, 0) is 25.8 Å². The van der Waals surface area contributed by atoms with Crippen molar-refractivity contribution in [2.75, 3.05) is 26.7 Å². The van der Waals surface area contributed by atoms with Crippen molar-refractivity contribution in [3.63, 3.8) is 0 Å². The van der Waals surface area contributed by atoms with Gasteiger partial charge in [0.25, 0.3) is 0 Å². The molecule has 1 heterocycles. The van der Waals surface area contributed by atoms with Gasteiger partial charge >= 0.3 is 0 Å². The molecule has 1 saturated carbocycles. The molecule has 128 valence electrons. The van der Waals surface area contributed by atoms with Crippen LogP contribution in [0.5, 0.6) is 5.75 Å². The van der Waals surface area contributed by atoms with E-state index in [9.17, 15) is 8.42 Å². The van der Waals surface area contributed by atoms with Gasteiger partial charge in [0.05, 0.1) is 17.2 Å². The van der Waals surface area contributed by atoms with Crippen molar-refractivity contribution in [2.45, 2.75) is 36.7 Å². The number of ether oxygens (including phenoxy) is 1. The minimum absolute atomic E-state index is 0.0386. The molecule has 1 aliphatic heterocycles. The van der Waals surface area contributed by atoms with Gasteiger partial charge in [-0.1, -0.05) is 23.2 Å². The maximum atomic E-state index is 13.0. The van der Waals surface area contributed by atoms with E-state index in [0.717, 1.165) is 13.1 Å². The standard InChI is InChI=1S/C15H20Cl2N2O3S/c1-10-9-18(11-3-4-11)5-6-19(10)23(20,21)15-8-12(16)14(22-2)7-13(15)17/h7-8,10-11H,3-6,9H2,1-2H3. The largest absolute Gasteiger partial charge is 0.495 e. The van der Waals surface area contributed by atoms with E-state index in [1.807, 2.05) is 6.92 Å². The molecule has 1 saturated heterocycles. The molecule has 1 unspecified atom stereocenters. The van der Waals surface area contributed by atoms with Gasteiger partial charge in [-0.25, -0.2) is 8.42 Å². The molecule has 8 heteroatoms. The van der Waals surface area contributed by atoms with E-state index in [1.54, 1.807) is 0 Å². The number of hydrogen-bond donors (Lipinski definition) is 0. The Morgan fingerprint density at radius 1 is 1.17 bits per heavy atom. The summed E-state index contributed by atoms with van der Waals surface area (Å²) in [5.41, 5.74) is 0. The number of methoxy groups -OCH3 is 1. The smallest absolute Gasteiger partial charge is 0.244 e. The lowest BCUT2D eigenvalue weighted by Crippen LogP contribution is -2.54. The van der Waals surface area contributed by atoms with E-state index in [2.05, 4.69) is 4.90 Å². The first kappa shape index (κ1) is 17.3. The Morgan fingerprint density at radius 3 is 2.43 bits per heavy atom. The Hall–Kier alpha value is -0.530. The Morgan fingerprint density at radius 2 is 1.87 bits per heavy atom. The lowest BCUT2D eigenvalue weighted by Gasteiger charge is -2.39. The molecule has 3 rings (SSSR count). The fraction of sp³-hybridized carbons (Fsp3) is 0.600. The zero-order valence-electron chi connectivity index (χ0n) is 13.1. The van der Waals surface area contributed by atoms with Gasteiger partial charge in [-0.2, -0.15) is 4.31 Å². The van der Waals surface area contributed by atoms with E-state index in [4.69, 9.17) is 27.9 Å². The highest BCUT2D eigenvalue weighted by Gasteiger charge is 2.39. The van der Waals surface area contributed by atoms with Gasteiger partial charge in [0.1, 0.15) is 10.6 Å². The molecule has 23 heavy (non-hydrogen) atoms. The topological polar surface area (TPSA) is 49.9 Å². The first-order chi connectivity index (χ1) is 10.8. The highest BCUT2D eigenvalue weighted by molar-refractivity contribution is 7.89. The molecule has 2 fully saturated rings. The van der Waals surface area contributed by atoms with Crippen LogP contribution in [0.4, 0.5) is 0 Å². The number of hydrogen-bond acceptors (Lipinski definition) is 4. The molecule has 0 N–H and O–H groups in total. The molecule has 1 aromatic carbocycles. The number of nitrogens with zero attached hydrogens (tertiary/aromatic N) is 2. The molecule has 1 atom stereocenters. The Bertz CT molecular complexity index is 707. The van der Waals surface area contributed by atoms with Gasteiger partial charge in [0.15, 0.2) is 0 Å². The Labute approximate surface area is 147 Å². The van der Waals surface area contributed by atoms with Crippen LogP contribution in [0, 0.1) is 0 Å². The zero-order valence-corrected chi connectivity index (χ0v) is 15.5. The predicted octanol–water partition coefficient (Wildman–Crippen LogP) is 2.86. The monoisotopic (exact) mass is 378 g/mol. The van der Waals surface area contributed by atoms with Crippen molar-refractivity contribution in [2.24, 2.45) is 0 Å². The predicted molar refractivity (Wildman–Crippen MR) is 91.0 cm³/mol. The fourth-order valence-corrected chi connectivity index (χ4v) is 5.53. The molecule has 0 bridgehead atoms. The normalized spacial score (nSPS) is 23.9. The maximum Gasteiger partial charge on any atom is 0.244 e. The summed E-state index contributed by atoms with van der Waals surface area (Å²) in [6.07, 6.45) is 2.44. The second kappa shape index (κ2) is 6.41. The molecular formula is C15H20Cl2N2O3S. The summed E-state index contributed by atoms with van der Waals surface area (Å²) in [7, 11) is -2.22. The van der Waals surface area contributed by atoms with Crippen molar-refractivity contribution >= 4 is 33.2 Å². The molecule has 1 aliphatic carbocycles. The second-order valence-corrected chi connectivity index (χ2v) is 8.78. The molecule has 0 amide bonds. The Kier molecular flexibility index (Phi) is 4.82. The van der Waals surface area contributed by atoms with Crippen LogP contribution >= 0.6 is 23.2 Å². The molecule has 0 radical (unpaired) electrons. The average molecular weight is 379 g/mol. The zero-order chi connectivity index (χ0) is 16.8. The van der Waals surface area contributed by atoms with Gasteiger partial charge in [-0.3, -0.25) is 4.90 Å². The van der Waals surface area contributed by atoms with Crippen LogP contribution in [0.2, 0.25) is 10.0 Å². The fourth-order valence-electron chi connectivity index (χ4n) is 3.09. The van der Waals surface area contributed by atoms with Crippen molar-refractivity contribution in [1.82, 2.24) is 9.21 Å². The number of piperazine rings is 1. The van der Waals surface area contributed by atoms with E-state index in [0.29, 0.717) is 18.3 Å². The third-order valence-corrected chi connectivity index (χ3v) is 7.23. The number of rotatable bonds is 4. The molecular weight excluding hydrogens is 359 g/mol. The van der Waals surface area contributed by atoms with Crippen LogP contribution in [0.1, 0.15) is 19.8 Å². The average Bonchev–Trinajstić information content (AvgIpc) is 3.33. The first-order valence-corrected chi connectivity index (χ1v) is 9.83. The molecule has 5 nitrogen and oxygen atoms in total. The van der Waals surface area contributed by atoms with Crippen LogP contribution in [0.25, 0.3) is 0 Å². The summed E-state index contributed by atoms with van der Waals surface area (Å²) in [5, 5.41) is 0.364. The van der Waals surface area contributed by atoms with Crippen LogP contribution < -0.4 is 4.74 Å². The Balaban J connectivity index is 1.88. The van der Waals surface area contributed by atoms with E-state index >= 15 is 0 Å². The number of benzene rings is 1. The lowest BCUT2D eigenvalue weighted by atomic mass is 10.2. The number of halogens is 2. The highest BCUT2D eigenvalue weighted by atomic mass is 35.5. The lowest BCUT2D eigenvalue weighted by molar-refractivity contribution is 0.137. The highest BCUT2D eigenvalue weighted by Crippen LogP contribution is 2.36. The van der Waals surface area contributed by atoms with Crippen molar-refractivity contribution in [3.8, 4) is 5.75 Å². The SMILES string of the molecule is COc1cc(Cl)c(S(=O)(=O)N2CCN(C3CC3)CC2C)cc1Cl. The molecule has 0 spiro atoms. The minimum Gasteiger partial charge on any atom is -0.495 e. The third-order valence-electron chi connectivity index (χ3n) is 4.45. The molecule has 1 aromatic rings. The van der Waals surface area contributed by atoms with Crippen LogP contribution in [0.3, 0.4) is 0 Å². The van der Waals surface area contributed by atoms with Gasteiger partial charge in [-0.15, -0.1) is 0 Å².